The number of carbonyl (C=O) groups is 2. The summed E-state index contributed by atoms with van der Waals surface area (Å²) in [6.07, 6.45) is 0.401. The molecule has 0 spiro atoms. The van der Waals surface area contributed by atoms with Gasteiger partial charge >= 0.3 is 5.97 Å². The highest BCUT2D eigenvalue weighted by Crippen LogP contribution is 2.09. The average molecular weight is 251 g/mol. The van der Waals surface area contributed by atoms with Gasteiger partial charge in [0.25, 0.3) is 0 Å². The largest absolute Gasteiger partial charge is 0.508 e. The minimum absolute atomic E-state index is 0.162. The summed E-state index contributed by atoms with van der Waals surface area (Å²) in [6.45, 7) is 2.36. The Labute approximate surface area is 106 Å². The summed E-state index contributed by atoms with van der Waals surface area (Å²) >= 11 is 0. The molecule has 0 aliphatic rings. The van der Waals surface area contributed by atoms with Crippen LogP contribution in [0.15, 0.2) is 24.3 Å². The Morgan fingerprint density at radius 2 is 1.94 bits per heavy atom. The lowest BCUT2D eigenvalue weighted by molar-refractivity contribution is -0.143. The van der Waals surface area contributed by atoms with Gasteiger partial charge in [-0.1, -0.05) is 12.1 Å². The van der Waals surface area contributed by atoms with Gasteiger partial charge in [-0.25, -0.2) is 0 Å². The maximum atomic E-state index is 11.5. The summed E-state index contributed by atoms with van der Waals surface area (Å²) in [5, 5.41) is 11.7. The number of hydrogen-bond donors (Lipinski definition) is 2. The molecule has 1 amide bonds. The van der Waals surface area contributed by atoms with Crippen molar-refractivity contribution >= 4 is 11.9 Å². The monoisotopic (exact) mass is 251 g/mol. The van der Waals surface area contributed by atoms with E-state index < -0.39 is 0 Å². The molecule has 0 saturated carbocycles. The Hall–Kier alpha value is -2.04. The molecule has 0 aliphatic carbocycles. The number of hydrogen-bond acceptors (Lipinski definition) is 4. The van der Waals surface area contributed by atoms with Crippen LogP contribution in [0, 0.1) is 0 Å². The van der Waals surface area contributed by atoms with Crippen molar-refractivity contribution in [3.8, 4) is 5.75 Å². The van der Waals surface area contributed by atoms with E-state index in [0.717, 1.165) is 5.56 Å². The Bertz CT molecular complexity index is 400. The molecular weight excluding hydrogens is 234 g/mol. The molecule has 0 aliphatic heterocycles. The van der Waals surface area contributed by atoms with Gasteiger partial charge in [-0.3, -0.25) is 9.59 Å². The summed E-state index contributed by atoms with van der Waals surface area (Å²) in [4.78, 5) is 22.5. The third-order valence-corrected chi connectivity index (χ3v) is 2.26. The fourth-order valence-corrected chi connectivity index (χ4v) is 1.40. The van der Waals surface area contributed by atoms with Crippen LogP contribution in [0.1, 0.15) is 18.9 Å². The number of nitrogens with one attached hydrogen (secondary N) is 1. The first-order valence-electron chi connectivity index (χ1n) is 5.82. The molecule has 1 aromatic rings. The van der Waals surface area contributed by atoms with Crippen molar-refractivity contribution < 1.29 is 19.4 Å². The molecule has 1 aromatic carbocycles. The molecule has 5 heteroatoms. The van der Waals surface area contributed by atoms with E-state index in [-0.39, 0.29) is 37.0 Å². The lowest BCUT2D eigenvalue weighted by Crippen LogP contribution is -2.27. The number of ether oxygens (including phenoxy) is 1. The highest BCUT2D eigenvalue weighted by atomic mass is 16.5. The molecule has 0 radical (unpaired) electrons. The first-order valence-corrected chi connectivity index (χ1v) is 5.82. The predicted molar refractivity (Wildman–Crippen MR) is 66.1 cm³/mol. The maximum absolute atomic E-state index is 11.5. The molecular formula is C13H17NO4. The molecule has 0 aromatic heterocycles. The molecule has 0 heterocycles. The van der Waals surface area contributed by atoms with Crippen LogP contribution in [0.2, 0.25) is 0 Å². The second kappa shape index (κ2) is 7.32. The zero-order valence-electron chi connectivity index (χ0n) is 10.3. The maximum Gasteiger partial charge on any atom is 0.307 e. The van der Waals surface area contributed by atoms with Gasteiger partial charge in [0, 0.05) is 6.54 Å². The van der Waals surface area contributed by atoms with Crippen molar-refractivity contribution in [3.05, 3.63) is 29.8 Å². The van der Waals surface area contributed by atoms with Crippen LogP contribution in [0.4, 0.5) is 0 Å². The Kier molecular flexibility index (Phi) is 5.70. The van der Waals surface area contributed by atoms with Crippen LogP contribution in [0.25, 0.3) is 0 Å². The van der Waals surface area contributed by atoms with Crippen molar-refractivity contribution in [1.82, 2.24) is 5.32 Å². The van der Waals surface area contributed by atoms with E-state index in [4.69, 9.17) is 9.84 Å². The highest BCUT2D eigenvalue weighted by Gasteiger charge is 2.05. The molecule has 18 heavy (non-hydrogen) atoms. The first kappa shape index (κ1) is 14.0. The molecule has 1 rings (SSSR count). The number of aromatic hydroxyl groups is 1. The van der Waals surface area contributed by atoms with E-state index in [9.17, 15) is 9.59 Å². The van der Waals surface area contributed by atoms with E-state index in [2.05, 4.69) is 5.32 Å². The standard InChI is InChI=1S/C13H17NO4/c1-2-18-13(17)7-8-14-12(16)9-10-3-5-11(15)6-4-10/h3-6,15H,2,7-9H2,1H3,(H,14,16). The van der Waals surface area contributed by atoms with E-state index in [1.54, 1.807) is 19.1 Å². The topological polar surface area (TPSA) is 75.6 Å². The van der Waals surface area contributed by atoms with E-state index >= 15 is 0 Å². The van der Waals surface area contributed by atoms with Gasteiger partial charge in [0.15, 0.2) is 0 Å². The fraction of sp³-hybridized carbons (Fsp3) is 0.385. The predicted octanol–water partition coefficient (Wildman–Crippen LogP) is 1.00. The second-order valence-electron chi connectivity index (χ2n) is 3.75. The molecule has 98 valence electrons. The summed E-state index contributed by atoms with van der Waals surface area (Å²) in [7, 11) is 0. The highest BCUT2D eigenvalue weighted by molar-refractivity contribution is 5.79. The lowest BCUT2D eigenvalue weighted by atomic mass is 10.1. The molecule has 0 fully saturated rings. The Morgan fingerprint density at radius 3 is 2.56 bits per heavy atom. The van der Waals surface area contributed by atoms with Gasteiger partial charge in [-0.2, -0.15) is 0 Å². The van der Waals surface area contributed by atoms with Gasteiger partial charge in [0.05, 0.1) is 19.4 Å². The fourth-order valence-electron chi connectivity index (χ4n) is 1.40. The average Bonchev–Trinajstić information content (AvgIpc) is 2.32. The molecule has 0 saturated heterocycles. The van der Waals surface area contributed by atoms with Gasteiger partial charge in [0.1, 0.15) is 5.75 Å². The summed E-state index contributed by atoms with van der Waals surface area (Å²) in [5.74, 6) is -0.311. The third-order valence-electron chi connectivity index (χ3n) is 2.26. The normalized spacial score (nSPS) is 9.83. The number of phenolic OH excluding ortho intramolecular Hbond substituents is 1. The van der Waals surface area contributed by atoms with Crippen LogP contribution in [-0.2, 0) is 20.7 Å². The first-order chi connectivity index (χ1) is 8.61. The second-order valence-corrected chi connectivity index (χ2v) is 3.75. The van der Waals surface area contributed by atoms with Gasteiger partial charge < -0.3 is 15.2 Å². The molecule has 5 nitrogen and oxygen atoms in total. The van der Waals surface area contributed by atoms with Crippen LogP contribution in [0.5, 0.6) is 5.75 Å². The zero-order valence-corrected chi connectivity index (χ0v) is 10.3. The number of benzene rings is 1. The number of carbonyl (C=O) groups excluding carboxylic acids is 2. The molecule has 0 bridgehead atoms. The van der Waals surface area contributed by atoms with Crippen molar-refractivity contribution in [3.63, 3.8) is 0 Å². The smallest absolute Gasteiger partial charge is 0.307 e. The van der Waals surface area contributed by atoms with Crippen LogP contribution in [-0.4, -0.2) is 30.1 Å². The van der Waals surface area contributed by atoms with Gasteiger partial charge in [-0.15, -0.1) is 0 Å². The van der Waals surface area contributed by atoms with Gasteiger partial charge in [0.2, 0.25) is 5.91 Å². The van der Waals surface area contributed by atoms with Gasteiger partial charge in [-0.05, 0) is 24.6 Å². The lowest BCUT2D eigenvalue weighted by Gasteiger charge is -2.05. The van der Waals surface area contributed by atoms with Crippen LogP contribution >= 0.6 is 0 Å². The minimum atomic E-state index is -0.317. The number of phenols is 1. The number of rotatable bonds is 6. The zero-order chi connectivity index (χ0) is 13.4. The quantitative estimate of drug-likeness (QED) is 0.740. The van der Waals surface area contributed by atoms with Crippen molar-refractivity contribution in [2.45, 2.75) is 19.8 Å². The summed E-state index contributed by atoms with van der Waals surface area (Å²) in [5.41, 5.74) is 0.807. The van der Waals surface area contributed by atoms with Crippen molar-refractivity contribution in [2.24, 2.45) is 0 Å². The number of amides is 1. The molecule has 0 unspecified atom stereocenters. The minimum Gasteiger partial charge on any atom is -0.508 e. The van der Waals surface area contributed by atoms with Crippen LogP contribution in [0.3, 0.4) is 0 Å². The van der Waals surface area contributed by atoms with Crippen molar-refractivity contribution in [1.29, 1.82) is 0 Å². The summed E-state index contributed by atoms with van der Waals surface area (Å²) < 4.78 is 4.74. The van der Waals surface area contributed by atoms with Crippen LogP contribution < -0.4 is 5.32 Å². The van der Waals surface area contributed by atoms with E-state index in [1.807, 2.05) is 0 Å². The summed E-state index contributed by atoms with van der Waals surface area (Å²) in [6, 6.07) is 6.42. The SMILES string of the molecule is CCOC(=O)CCNC(=O)Cc1ccc(O)cc1. The third kappa shape index (κ3) is 5.34. The Morgan fingerprint density at radius 1 is 1.28 bits per heavy atom. The van der Waals surface area contributed by atoms with Crippen molar-refractivity contribution in [2.75, 3.05) is 13.2 Å². The van der Waals surface area contributed by atoms with E-state index in [0.29, 0.717) is 6.61 Å². The molecule has 2 N–H and O–H groups in total. The number of esters is 1. The molecule has 0 atom stereocenters. The Balaban J connectivity index is 2.25. The van der Waals surface area contributed by atoms with E-state index in [1.165, 1.54) is 12.1 Å².